The number of aromatic nitrogens is 1. The van der Waals surface area contributed by atoms with Crippen molar-refractivity contribution in [2.24, 2.45) is 0 Å². The lowest BCUT2D eigenvalue weighted by Crippen LogP contribution is -1.51. The fraction of sp³-hybridized carbons (Fsp3) is 0. The van der Waals surface area contributed by atoms with Crippen LogP contribution in [0.3, 0.4) is 0 Å². The zero-order valence-corrected chi connectivity index (χ0v) is 3.18. The molecule has 0 spiro atoms. The number of nitrogens with one attached hydrogen (secondary N) is 1. The molecule has 6 heavy (non-hydrogen) atoms. The Labute approximate surface area is 35.4 Å². The summed E-state index contributed by atoms with van der Waals surface area (Å²) >= 11 is 0. The Morgan fingerprint density at radius 2 is 2.50 bits per heavy atom. The zero-order chi connectivity index (χ0) is 4.41. The highest BCUT2D eigenvalue weighted by Crippen LogP contribution is 1.97. The molecule has 0 bridgehead atoms. The van der Waals surface area contributed by atoms with E-state index in [4.69, 9.17) is 5.11 Å². The Morgan fingerprint density at radius 3 is 2.67 bits per heavy atom. The first-order valence-electron chi connectivity index (χ1n) is 1.72. The molecular weight excluding hydrogens is 78.0 g/mol. The molecule has 0 saturated heterocycles. The summed E-state index contributed by atoms with van der Waals surface area (Å²) in [5, 5.41) is 8.42. The van der Waals surface area contributed by atoms with E-state index in [9.17, 15) is 0 Å². The van der Waals surface area contributed by atoms with Crippen LogP contribution in [0.4, 0.5) is 0 Å². The van der Waals surface area contributed by atoms with E-state index >= 15 is 0 Å². The van der Waals surface area contributed by atoms with Gasteiger partial charge in [-0.2, -0.15) is 0 Å². The lowest BCUT2D eigenvalue weighted by atomic mass is 10.7. The molecule has 0 aliphatic heterocycles. The standard InChI is InChI=1S/C4H5NO/c6-4-2-1-3-5-4/h1-3,5-6H. The minimum Gasteiger partial charge on any atom is -0.495 e. The average Bonchev–Trinajstić information content (AvgIpc) is 1.86. The first-order chi connectivity index (χ1) is 2.89. The third-order valence-electron chi connectivity index (χ3n) is 0.582. The van der Waals surface area contributed by atoms with Crippen LogP contribution in [0.1, 0.15) is 0 Å². The van der Waals surface area contributed by atoms with Crippen molar-refractivity contribution in [1.82, 2.24) is 4.98 Å². The van der Waals surface area contributed by atoms with Gasteiger partial charge in [-0.05, 0) is 12.1 Å². The molecule has 0 unspecified atom stereocenters. The van der Waals surface area contributed by atoms with Gasteiger partial charge in [0.05, 0.1) is 0 Å². The average molecular weight is 83.1 g/mol. The molecule has 1 aromatic heterocycles. The Kier molecular flexibility index (Phi) is 0.572. The minimum absolute atomic E-state index is 0.218. The van der Waals surface area contributed by atoms with Crippen LogP contribution in [-0.4, -0.2) is 10.1 Å². The molecule has 0 saturated carbocycles. The summed E-state index contributed by atoms with van der Waals surface area (Å²) in [6.45, 7) is 0. The predicted octanol–water partition coefficient (Wildman–Crippen LogP) is 0.720. The molecule has 1 rings (SSSR count). The second-order valence-electron chi connectivity index (χ2n) is 1.06. The van der Waals surface area contributed by atoms with Crippen molar-refractivity contribution in [1.29, 1.82) is 0 Å². The van der Waals surface area contributed by atoms with Gasteiger partial charge in [0.25, 0.3) is 0 Å². The number of rotatable bonds is 0. The fourth-order valence-corrected chi connectivity index (χ4v) is 0.321. The molecule has 1 heterocycles. The molecule has 0 aromatic carbocycles. The van der Waals surface area contributed by atoms with Crippen LogP contribution in [0, 0.1) is 0 Å². The molecule has 0 aliphatic carbocycles. The van der Waals surface area contributed by atoms with E-state index in [2.05, 4.69) is 4.98 Å². The van der Waals surface area contributed by atoms with Gasteiger partial charge in [-0.25, -0.2) is 0 Å². The molecule has 0 fully saturated rings. The lowest BCUT2D eigenvalue weighted by Gasteiger charge is -1.71. The van der Waals surface area contributed by atoms with Crippen LogP contribution >= 0.6 is 0 Å². The van der Waals surface area contributed by atoms with Crippen molar-refractivity contribution in [2.45, 2.75) is 0 Å². The number of aromatic amines is 1. The van der Waals surface area contributed by atoms with Gasteiger partial charge in [-0.3, -0.25) is 0 Å². The van der Waals surface area contributed by atoms with E-state index in [0.717, 1.165) is 0 Å². The van der Waals surface area contributed by atoms with E-state index in [1.165, 1.54) is 0 Å². The van der Waals surface area contributed by atoms with Crippen LogP contribution in [-0.2, 0) is 0 Å². The summed E-state index contributed by atoms with van der Waals surface area (Å²) < 4.78 is 0. The van der Waals surface area contributed by atoms with E-state index in [1.807, 2.05) is 0 Å². The van der Waals surface area contributed by atoms with Gasteiger partial charge in [-0.1, -0.05) is 0 Å². The Morgan fingerprint density at radius 1 is 1.67 bits per heavy atom. The first kappa shape index (κ1) is 3.28. The Hall–Kier alpha value is -0.920. The van der Waals surface area contributed by atoms with Crippen molar-refractivity contribution >= 4 is 0 Å². The van der Waals surface area contributed by atoms with Gasteiger partial charge >= 0.3 is 0 Å². The van der Waals surface area contributed by atoms with E-state index in [0.29, 0.717) is 0 Å². The van der Waals surface area contributed by atoms with Crippen LogP contribution in [0.5, 0.6) is 5.88 Å². The van der Waals surface area contributed by atoms with Crippen molar-refractivity contribution < 1.29 is 5.11 Å². The zero-order valence-electron chi connectivity index (χ0n) is 3.18. The number of aromatic hydroxyl groups is 1. The number of hydrogen-bond donors (Lipinski definition) is 2. The van der Waals surface area contributed by atoms with Gasteiger partial charge in [0.15, 0.2) is 5.88 Å². The predicted molar refractivity (Wildman–Crippen MR) is 22.5 cm³/mol. The Balaban J connectivity index is 3.05. The molecule has 0 aliphatic rings. The molecule has 0 atom stereocenters. The highest BCUT2D eigenvalue weighted by Gasteiger charge is 1.75. The summed E-state index contributed by atoms with van der Waals surface area (Å²) in [6, 6.07) is 3.31. The summed E-state index contributed by atoms with van der Waals surface area (Å²) in [5.41, 5.74) is 0. The van der Waals surface area contributed by atoms with Crippen molar-refractivity contribution in [2.75, 3.05) is 0 Å². The summed E-state index contributed by atoms with van der Waals surface area (Å²) in [7, 11) is 0. The van der Waals surface area contributed by atoms with Crippen LogP contribution in [0.15, 0.2) is 18.3 Å². The number of H-pyrrole nitrogens is 1. The molecule has 0 amide bonds. The topological polar surface area (TPSA) is 36.0 Å². The fourth-order valence-electron chi connectivity index (χ4n) is 0.321. The van der Waals surface area contributed by atoms with Crippen molar-refractivity contribution in [3.63, 3.8) is 0 Å². The minimum atomic E-state index is 0.218. The molecule has 2 nitrogen and oxygen atoms in total. The maximum atomic E-state index is 8.42. The third kappa shape index (κ3) is 0.360. The lowest BCUT2D eigenvalue weighted by molar-refractivity contribution is 0.457. The van der Waals surface area contributed by atoms with Crippen LogP contribution in [0.25, 0.3) is 0 Å². The van der Waals surface area contributed by atoms with Crippen LogP contribution < -0.4 is 0 Å². The molecule has 32 valence electrons. The summed E-state index contributed by atoms with van der Waals surface area (Å²) in [4.78, 5) is 2.56. The molecular formula is C4H5NO. The highest BCUT2D eigenvalue weighted by atomic mass is 16.3. The van der Waals surface area contributed by atoms with Crippen molar-refractivity contribution in [3.8, 4) is 5.88 Å². The first-order valence-corrected chi connectivity index (χ1v) is 1.72. The van der Waals surface area contributed by atoms with Gasteiger partial charge in [0.1, 0.15) is 0 Å². The van der Waals surface area contributed by atoms with Gasteiger partial charge in [-0.15, -0.1) is 0 Å². The maximum absolute atomic E-state index is 8.42. The van der Waals surface area contributed by atoms with E-state index < -0.39 is 0 Å². The third-order valence-corrected chi connectivity index (χ3v) is 0.582. The summed E-state index contributed by atoms with van der Waals surface area (Å²) in [5.74, 6) is 0.218. The second-order valence-corrected chi connectivity index (χ2v) is 1.06. The molecule has 0 radical (unpaired) electrons. The largest absolute Gasteiger partial charge is 0.495 e. The molecule has 2 heteroatoms. The highest BCUT2D eigenvalue weighted by molar-refractivity contribution is 5.06. The van der Waals surface area contributed by atoms with E-state index in [-0.39, 0.29) is 5.88 Å². The molecule has 1 aromatic rings. The number of hydrogen-bond acceptors (Lipinski definition) is 1. The second kappa shape index (κ2) is 1.05. The Bertz CT molecular complexity index is 111. The smallest absolute Gasteiger partial charge is 0.188 e. The van der Waals surface area contributed by atoms with Gasteiger partial charge < -0.3 is 10.1 Å². The SMILES string of the molecule is Oc1ccc[nH]1. The monoisotopic (exact) mass is 83.0 g/mol. The van der Waals surface area contributed by atoms with Gasteiger partial charge in [0, 0.05) is 6.20 Å². The van der Waals surface area contributed by atoms with Crippen LogP contribution in [0.2, 0.25) is 0 Å². The maximum Gasteiger partial charge on any atom is 0.188 e. The van der Waals surface area contributed by atoms with E-state index in [1.54, 1.807) is 18.3 Å². The normalized spacial score (nSPS) is 8.67. The molecule has 2 N–H and O–H groups in total. The quantitative estimate of drug-likeness (QED) is 0.476. The van der Waals surface area contributed by atoms with Crippen molar-refractivity contribution in [3.05, 3.63) is 18.3 Å². The van der Waals surface area contributed by atoms with Gasteiger partial charge in [0.2, 0.25) is 0 Å². The summed E-state index contributed by atoms with van der Waals surface area (Å²) in [6.07, 6.45) is 1.66.